The highest BCUT2D eigenvalue weighted by Gasteiger charge is 2.33. The predicted molar refractivity (Wildman–Crippen MR) is 68.4 cm³/mol. The van der Waals surface area contributed by atoms with E-state index in [0.29, 0.717) is 18.5 Å². The Kier molecular flexibility index (Phi) is 5.92. The quantitative estimate of drug-likeness (QED) is 0.729. The molecule has 1 rings (SSSR count). The fraction of sp³-hybridized carbons (Fsp3) is 0.923. The maximum Gasteiger partial charge on any atom is 0.227 e. The minimum atomic E-state index is -0.0512. The third-order valence-electron chi connectivity index (χ3n) is 3.73. The minimum Gasteiger partial charge on any atom is -0.396 e. The number of hydrogen-bond acceptors (Lipinski definition) is 3. The van der Waals surface area contributed by atoms with Crippen LogP contribution in [0.15, 0.2) is 0 Å². The fourth-order valence-electron chi connectivity index (χ4n) is 2.62. The lowest BCUT2D eigenvalue weighted by Gasteiger charge is -2.30. The third-order valence-corrected chi connectivity index (χ3v) is 3.73. The largest absolute Gasteiger partial charge is 0.396 e. The first-order chi connectivity index (χ1) is 8.11. The molecule has 4 nitrogen and oxygen atoms in total. The second-order valence-corrected chi connectivity index (χ2v) is 5.28. The van der Waals surface area contributed by atoms with Crippen molar-refractivity contribution in [2.24, 2.45) is 17.6 Å². The van der Waals surface area contributed by atoms with Gasteiger partial charge in [-0.25, -0.2) is 0 Å². The van der Waals surface area contributed by atoms with Gasteiger partial charge in [0.1, 0.15) is 0 Å². The topological polar surface area (TPSA) is 66.6 Å². The highest BCUT2D eigenvalue weighted by molar-refractivity contribution is 5.80. The molecule has 0 aliphatic carbocycles. The van der Waals surface area contributed by atoms with Gasteiger partial charge in [-0.2, -0.15) is 0 Å². The Labute approximate surface area is 104 Å². The van der Waals surface area contributed by atoms with Crippen molar-refractivity contribution in [2.75, 3.05) is 19.7 Å². The van der Waals surface area contributed by atoms with Crippen LogP contribution in [0.4, 0.5) is 0 Å². The Balaban J connectivity index is 2.60. The van der Waals surface area contributed by atoms with E-state index < -0.39 is 0 Å². The van der Waals surface area contributed by atoms with Crippen LogP contribution in [-0.2, 0) is 4.79 Å². The van der Waals surface area contributed by atoms with E-state index in [9.17, 15) is 4.79 Å². The molecule has 1 aliphatic heterocycles. The molecular formula is C13H26N2O2. The van der Waals surface area contributed by atoms with Crippen LogP contribution in [0.3, 0.4) is 0 Å². The van der Waals surface area contributed by atoms with Crippen molar-refractivity contribution in [3.8, 4) is 0 Å². The van der Waals surface area contributed by atoms with E-state index in [4.69, 9.17) is 10.8 Å². The van der Waals surface area contributed by atoms with E-state index in [1.54, 1.807) is 0 Å². The van der Waals surface area contributed by atoms with Gasteiger partial charge < -0.3 is 15.7 Å². The molecule has 17 heavy (non-hydrogen) atoms. The number of carbonyl (C=O) groups is 1. The monoisotopic (exact) mass is 242 g/mol. The molecule has 1 amide bonds. The number of carbonyl (C=O) groups excluding carboxylic acids is 1. The number of hydrogen-bond donors (Lipinski definition) is 2. The minimum absolute atomic E-state index is 0.0512. The lowest BCUT2D eigenvalue weighted by molar-refractivity contribution is -0.137. The number of aliphatic hydroxyl groups excluding tert-OH is 1. The summed E-state index contributed by atoms with van der Waals surface area (Å²) in [5.74, 6) is 0.458. The van der Waals surface area contributed by atoms with Crippen molar-refractivity contribution >= 4 is 5.91 Å². The Morgan fingerprint density at radius 1 is 1.53 bits per heavy atom. The van der Waals surface area contributed by atoms with Crippen LogP contribution in [0.25, 0.3) is 0 Å². The van der Waals surface area contributed by atoms with Gasteiger partial charge in [0, 0.05) is 25.7 Å². The smallest absolute Gasteiger partial charge is 0.227 e. The summed E-state index contributed by atoms with van der Waals surface area (Å²) in [6, 6.07) is 0.322. The molecule has 3 N–H and O–H groups in total. The maximum atomic E-state index is 12.4. The molecular weight excluding hydrogens is 216 g/mol. The Bertz CT molecular complexity index is 244. The number of aliphatic hydroxyl groups is 1. The van der Waals surface area contributed by atoms with Crippen molar-refractivity contribution in [1.82, 2.24) is 4.90 Å². The number of likely N-dealkylation sites (tertiary alicyclic amines) is 1. The van der Waals surface area contributed by atoms with Crippen LogP contribution in [-0.4, -0.2) is 41.7 Å². The number of nitrogens with two attached hydrogens (primary N) is 1. The zero-order chi connectivity index (χ0) is 12.8. The van der Waals surface area contributed by atoms with Crippen LogP contribution >= 0.6 is 0 Å². The van der Waals surface area contributed by atoms with E-state index in [-0.39, 0.29) is 18.4 Å². The second-order valence-electron chi connectivity index (χ2n) is 5.28. The first-order valence-corrected chi connectivity index (χ1v) is 6.73. The first-order valence-electron chi connectivity index (χ1n) is 6.73. The van der Waals surface area contributed by atoms with Gasteiger partial charge in [0.2, 0.25) is 5.91 Å². The Hall–Kier alpha value is -0.610. The highest BCUT2D eigenvalue weighted by Crippen LogP contribution is 2.25. The van der Waals surface area contributed by atoms with Crippen LogP contribution in [0.2, 0.25) is 0 Å². The molecule has 1 aliphatic rings. The molecule has 0 aromatic heterocycles. The summed E-state index contributed by atoms with van der Waals surface area (Å²) in [7, 11) is 0. The Morgan fingerprint density at radius 3 is 2.76 bits per heavy atom. The fourth-order valence-corrected chi connectivity index (χ4v) is 2.62. The van der Waals surface area contributed by atoms with E-state index in [1.807, 2.05) is 18.7 Å². The average molecular weight is 242 g/mol. The molecule has 2 unspecified atom stereocenters. The molecule has 4 heteroatoms. The summed E-state index contributed by atoms with van der Waals surface area (Å²) < 4.78 is 0. The molecule has 0 aromatic carbocycles. The summed E-state index contributed by atoms with van der Waals surface area (Å²) in [6.45, 7) is 5.60. The third kappa shape index (κ3) is 3.68. The molecule has 1 saturated heterocycles. The van der Waals surface area contributed by atoms with Crippen molar-refractivity contribution in [3.63, 3.8) is 0 Å². The zero-order valence-corrected chi connectivity index (χ0v) is 11.1. The van der Waals surface area contributed by atoms with Gasteiger partial charge in [0.15, 0.2) is 0 Å². The average Bonchev–Trinajstić information content (AvgIpc) is 2.74. The molecule has 100 valence electrons. The van der Waals surface area contributed by atoms with Gasteiger partial charge in [0.25, 0.3) is 0 Å². The highest BCUT2D eigenvalue weighted by atomic mass is 16.3. The van der Waals surface area contributed by atoms with Gasteiger partial charge >= 0.3 is 0 Å². The second kappa shape index (κ2) is 6.97. The number of rotatable bonds is 6. The van der Waals surface area contributed by atoms with Gasteiger partial charge in [-0.1, -0.05) is 13.8 Å². The van der Waals surface area contributed by atoms with Crippen LogP contribution in [0, 0.1) is 11.8 Å². The van der Waals surface area contributed by atoms with Crippen molar-refractivity contribution in [1.29, 1.82) is 0 Å². The molecule has 0 radical (unpaired) electrons. The van der Waals surface area contributed by atoms with Crippen molar-refractivity contribution < 1.29 is 9.90 Å². The lowest BCUT2D eigenvalue weighted by Crippen LogP contribution is -2.43. The Morgan fingerprint density at radius 2 is 2.24 bits per heavy atom. The molecule has 1 fully saturated rings. The zero-order valence-electron chi connectivity index (χ0n) is 11.1. The van der Waals surface area contributed by atoms with Gasteiger partial charge in [-0.05, 0) is 31.6 Å². The molecule has 0 bridgehead atoms. The van der Waals surface area contributed by atoms with Crippen LogP contribution in [0.5, 0.6) is 0 Å². The molecule has 0 saturated carbocycles. The normalized spacial score (nSPS) is 22.2. The van der Waals surface area contributed by atoms with Gasteiger partial charge in [-0.3, -0.25) is 4.79 Å². The molecule has 1 heterocycles. The number of nitrogens with zero attached hydrogens (tertiary/aromatic N) is 1. The summed E-state index contributed by atoms with van der Waals surface area (Å²) >= 11 is 0. The lowest BCUT2D eigenvalue weighted by atomic mass is 9.94. The van der Waals surface area contributed by atoms with E-state index in [0.717, 1.165) is 32.2 Å². The number of amides is 1. The van der Waals surface area contributed by atoms with E-state index >= 15 is 0 Å². The van der Waals surface area contributed by atoms with Crippen LogP contribution < -0.4 is 5.73 Å². The molecule has 2 atom stereocenters. The van der Waals surface area contributed by atoms with Crippen molar-refractivity contribution in [2.45, 2.75) is 45.6 Å². The summed E-state index contributed by atoms with van der Waals surface area (Å²) in [5.41, 5.74) is 5.70. The van der Waals surface area contributed by atoms with Gasteiger partial charge in [0.05, 0.1) is 5.92 Å². The van der Waals surface area contributed by atoms with Crippen LogP contribution in [0.1, 0.15) is 39.5 Å². The standard InChI is InChI=1S/C13H26N2O2/c1-10(2)12(9-14)13(17)15-7-3-5-11(15)6-4-8-16/h10-12,16H,3-9,14H2,1-2H3. The SMILES string of the molecule is CC(C)C(CN)C(=O)N1CCCC1CCCO. The summed E-state index contributed by atoms with van der Waals surface area (Å²) in [6.07, 6.45) is 3.85. The van der Waals surface area contributed by atoms with Gasteiger partial charge in [-0.15, -0.1) is 0 Å². The van der Waals surface area contributed by atoms with Crippen molar-refractivity contribution in [3.05, 3.63) is 0 Å². The summed E-state index contributed by atoms with van der Waals surface area (Å²) in [5, 5.41) is 8.87. The maximum absolute atomic E-state index is 12.4. The first kappa shape index (κ1) is 14.5. The molecule has 0 spiro atoms. The molecule has 0 aromatic rings. The summed E-state index contributed by atoms with van der Waals surface area (Å²) in [4.78, 5) is 14.4. The predicted octanol–water partition coefficient (Wildman–Crippen LogP) is 0.981. The van der Waals surface area contributed by atoms with E-state index in [2.05, 4.69) is 0 Å². The van der Waals surface area contributed by atoms with E-state index in [1.165, 1.54) is 0 Å².